The number of aromatic nitrogens is 1. The van der Waals surface area contributed by atoms with Gasteiger partial charge in [-0.1, -0.05) is 30.5 Å². The van der Waals surface area contributed by atoms with Crippen LogP contribution in [0.15, 0.2) is 30.5 Å². The first kappa shape index (κ1) is 13.8. The van der Waals surface area contributed by atoms with Crippen LogP contribution in [0.4, 0.5) is 0 Å². The van der Waals surface area contributed by atoms with Gasteiger partial charge in [-0.15, -0.1) is 0 Å². The first-order valence-corrected chi connectivity index (χ1v) is 7.57. The van der Waals surface area contributed by atoms with Crippen molar-refractivity contribution in [3.8, 4) is 0 Å². The number of aliphatic hydroxyl groups is 1. The van der Waals surface area contributed by atoms with Crippen molar-refractivity contribution in [1.82, 2.24) is 10.3 Å². The number of rotatable bonds is 4. The van der Waals surface area contributed by atoms with E-state index >= 15 is 0 Å². The molecule has 1 unspecified atom stereocenters. The van der Waals surface area contributed by atoms with Crippen molar-refractivity contribution >= 4 is 22.5 Å². The van der Waals surface area contributed by atoms with E-state index in [1.54, 1.807) is 6.20 Å². The molecule has 0 spiro atoms. The number of nitrogens with zero attached hydrogens (tertiary/aromatic N) is 1. The van der Waals surface area contributed by atoms with Crippen molar-refractivity contribution < 1.29 is 5.11 Å². The van der Waals surface area contributed by atoms with Gasteiger partial charge in [0.2, 0.25) is 0 Å². The first-order valence-electron chi connectivity index (χ1n) is 7.19. The van der Waals surface area contributed by atoms with Crippen molar-refractivity contribution in [3.05, 3.63) is 41.0 Å². The normalized spacial score (nSPS) is 17.7. The zero-order valence-corrected chi connectivity index (χ0v) is 12.1. The van der Waals surface area contributed by atoms with Gasteiger partial charge in [0.25, 0.3) is 0 Å². The molecule has 0 amide bonds. The second kappa shape index (κ2) is 6.08. The molecule has 2 aromatic rings. The number of benzene rings is 1. The van der Waals surface area contributed by atoms with Crippen LogP contribution in [0.1, 0.15) is 37.3 Å². The van der Waals surface area contributed by atoms with Crippen molar-refractivity contribution in [3.63, 3.8) is 0 Å². The molecule has 3 nitrogen and oxygen atoms in total. The fourth-order valence-corrected chi connectivity index (χ4v) is 3.27. The summed E-state index contributed by atoms with van der Waals surface area (Å²) in [6.07, 6.45) is 6.70. The van der Waals surface area contributed by atoms with Crippen LogP contribution in [-0.2, 0) is 0 Å². The van der Waals surface area contributed by atoms with Crippen LogP contribution >= 0.6 is 11.6 Å². The topological polar surface area (TPSA) is 45.1 Å². The van der Waals surface area contributed by atoms with E-state index in [9.17, 15) is 5.11 Å². The summed E-state index contributed by atoms with van der Waals surface area (Å²) in [5, 5.41) is 15.0. The number of halogens is 1. The van der Waals surface area contributed by atoms with Gasteiger partial charge in [0, 0.05) is 22.6 Å². The summed E-state index contributed by atoms with van der Waals surface area (Å²) in [5.41, 5.74) is 1.91. The summed E-state index contributed by atoms with van der Waals surface area (Å²) in [5.74, 6) is 0. The maximum atomic E-state index is 9.75. The van der Waals surface area contributed by atoms with Crippen LogP contribution in [0.5, 0.6) is 0 Å². The van der Waals surface area contributed by atoms with Crippen molar-refractivity contribution in [2.45, 2.75) is 37.8 Å². The molecule has 1 aliphatic rings. The second-order valence-electron chi connectivity index (χ2n) is 5.42. The highest BCUT2D eigenvalue weighted by Crippen LogP contribution is 2.29. The molecule has 20 heavy (non-hydrogen) atoms. The molecule has 0 aliphatic heterocycles. The zero-order chi connectivity index (χ0) is 13.9. The second-order valence-corrected chi connectivity index (χ2v) is 5.83. The lowest BCUT2D eigenvalue weighted by Crippen LogP contribution is -2.32. The number of nitrogens with one attached hydrogen (secondary N) is 1. The van der Waals surface area contributed by atoms with Gasteiger partial charge in [-0.2, -0.15) is 0 Å². The minimum atomic E-state index is -0.0761. The van der Waals surface area contributed by atoms with E-state index in [-0.39, 0.29) is 12.6 Å². The molecule has 1 aromatic heterocycles. The van der Waals surface area contributed by atoms with Gasteiger partial charge in [-0.05, 0) is 36.6 Å². The molecule has 1 saturated carbocycles. The SMILES string of the molecule is OCC(NC1CCCC1)c1ccc(Cl)c2cccnc12. The largest absolute Gasteiger partial charge is 0.394 e. The molecule has 0 bridgehead atoms. The zero-order valence-electron chi connectivity index (χ0n) is 11.3. The molecular weight excluding hydrogens is 272 g/mol. The molecule has 1 aromatic carbocycles. The lowest BCUT2D eigenvalue weighted by Gasteiger charge is -2.22. The van der Waals surface area contributed by atoms with E-state index in [4.69, 9.17) is 11.6 Å². The molecule has 2 N–H and O–H groups in total. The quantitative estimate of drug-likeness (QED) is 0.906. The highest BCUT2D eigenvalue weighted by atomic mass is 35.5. The van der Waals surface area contributed by atoms with Gasteiger partial charge in [0.05, 0.1) is 18.2 Å². The fraction of sp³-hybridized carbons (Fsp3) is 0.438. The van der Waals surface area contributed by atoms with Crippen molar-refractivity contribution in [2.24, 2.45) is 0 Å². The molecule has 3 rings (SSSR count). The molecule has 106 valence electrons. The Hall–Kier alpha value is -1.16. The van der Waals surface area contributed by atoms with Gasteiger partial charge in [-0.25, -0.2) is 0 Å². The average Bonchev–Trinajstić information content (AvgIpc) is 2.99. The number of pyridine rings is 1. The molecule has 4 heteroatoms. The van der Waals surface area contributed by atoms with Crippen LogP contribution in [0, 0.1) is 0 Å². The maximum absolute atomic E-state index is 9.75. The summed E-state index contributed by atoms with van der Waals surface area (Å²) in [7, 11) is 0. The molecule has 1 aliphatic carbocycles. The highest BCUT2D eigenvalue weighted by Gasteiger charge is 2.21. The number of hydrogen-bond acceptors (Lipinski definition) is 3. The van der Waals surface area contributed by atoms with E-state index in [0.29, 0.717) is 11.1 Å². The van der Waals surface area contributed by atoms with Gasteiger partial charge in [0.1, 0.15) is 0 Å². The molecule has 0 saturated heterocycles. The van der Waals surface area contributed by atoms with Gasteiger partial charge in [0.15, 0.2) is 0 Å². The summed E-state index contributed by atoms with van der Waals surface area (Å²) < 4.78 is 0. The Bertz CT molecular complexity index is 596. The van der Waals surface area contributed by atoms with Crippen LogP contribution in [-0.4, -0.2) is 22.7 Å². The Morgan fingerprint density at radius 3 is 2.85 bits per heavy atom. The number of aliphatic hydroxyl groups excluding tert-OH is 1. The minimum absolute atomic E-state index is 0.0732. The van der Waals surface area contributed by atoms with Crippen LogP contribution < -0.4 is 5.32 Å². The molecule has 1 fully saturated rings. The summed E-state index contributed by atoms with van der Waals surface area (Å²) in [4.78, 5) is 4.45. The van der Waals surface area contributed by atoms with E-state index in [0.717, 1.165) is 16.5 Å². The van der Waals surface area contributed by atoms with E-state index in [1.165, 1.54) is 25.7 Å². The van der Waals surface area contributed by atoms with Gasteiger partial charge in [-0.3, -0.25) is 4.98 Å². The van der Waals surface area contributed by atoms with Crippen LogP contribution in [0.25, 0.3) is 10.9 Å². The van der Waals surface area contributed by atoms with Crippen LogP contribution in [0.2, 0.25) is 5.02 Å². The summed E-state index contributed by atoms with van der Waals surface area (Å²) in [6, 6.07) is 8.14. The predicted molar refractivity (Wildman–Crippen MR) is 82.0 cm³/mol. The average molecular weight is 291 g/mol. The molecule has 1 heterocycles. The number of fused-ring (bicyclic) bond motifs is 1. The Labute approximate surface area is 124 Å². The molecule has 1 atom stereocenters. The predicted octanol–water partition coefficient (Wildman–Crippen LogP) is 3.45. The fourth-order valence-electron chi connectivity index (χ4n) is 3.06. The Balaban J connectivity index is 1.96. The Kier molecular flexibility index (Phi) is 4.20. The monoisotopic (exact) mass is 290 g/mol. The lowest BCUT2D eigenvalue weighted by atomic mass is 10.0. The Morgan fingerprint density at radius 1 is 1.30 bits per heavy atom. The Morgan fingerprint density at radius 2 is 2.10 bits per heavy atom. The van der Waals surface area contributed by atoms with E-state index in [1.807, 2.05) is 24.3 Å². The summed E-state index contributed by atoms with van der Waals surface area (Å²) in [6.45, 7) is 0.0732. The van der Waals surface area contributed by atoms with E-state index < -0.39 is 0 Å². The third-order valence-corrected chi connectivity index (χ3v) is 4.43. The van der Waals surface area contributed by atoms with E-state index in [2.05, 4.69) is 10.3 Å². The highest BCUT2D eigenvalue weighted by molar-refractivity contribution is 6.35. The van der Waals surface area contributed by atoms with Gasteiger partial charge >= 0.3 is 0 Å². The molecular formula is C16H19ClN2O. The third-order valence-electron chi connectivity index (χ3n) is 4.10. The number of hydrogen-bond donors (Lipinski definition) is 2. The first-order chi connectivity index (χ1) is 9.79. The standard InChI is InChI=1S/C16H19ClN2O/c17-14-8-7-13(16-12(14)6-3-9-18-16)15(10-20)19-11-4-1-2-5-11/h3,6-9,11,15,19-20H,1-2,4-5,10H2. The smallest absolute Gasteiger partial charge is 0.0765 e. The van der Waals surface area contributed by atoms with Crippen molar-refractivity contribution in [2.75, 3.05) is 6.61 Å². The maximum Gasteiger partial charge on any atom is 0.0765 e. The minimum Gasteiger partial charge on any atom is -0.394 e. The lowest BCUT2D eigenvalue weighted by molar-refractivity contribution is 0.233. The van der Waals surface area contributed by atoms with Gasteiger partial charge < -0.3 is 10.4 Å². The van der Waals surface area contributed by atoms with Crippen molar-refractivity contribution in [1.29, 1.82) is 0 Å². The van der Waals surface area contributed by atoms with Crippen LogP contribution in [0.3, 0.4) is 0 Å². The third kappa shape index (κ3) is 2.66. The summed E-state index contributed by atoms with van der Waals surface area (Å²) >= 11 is 6.22. The molecule has 0 radical (unpaired) electrons.